The largest absolute Gasteiger partial charge is 0.325 e. The number of aromatic nitrogens is 2. The standard InChI is InChI=1S/C26H24ClN3O2S/c1-15-11-17(3)24(18(4)12-15)29-23(31)14-33-26-28-22-8-6-5-7-20(22)25(32)30(26)19-10-9-16(2)21(27)13-19/h5-13H,14H2,1-4H3,(H,29,31). The van der Waals surface area contributed by atoms with Gasteiger partial charge >= 0.3 is 0 Å². The molecule has 0 spiro atoms. The first-order valence-electron chi connectivity index (χ1n) is 10.5. The van der Waals surface area contributed by atoms with Crippen molar-refractivity contribution in [3.05, 3.63) is 92.2 Å². The van der Waals surface area contributed by atoms with Gasteiger partial charge in [0, 0.05) is 10.7 Å². The SMILES string of the molecule is Cc1cc(C)c(NC(=O)CSc2nc3ccccc3c(=O)n2-c2ccc(C)c(Cl)c2)c(C)c1. The summed E-state index contributed by atoms with van der Waals surface area (Å²) >= 11 is 7.56. The lowest BCUT2D eigenvalue weighted by atomic mass is 10.1. The number of halogens is 1. The molecule has 0 fully saturated rings. The van der Waals surface area contributed by atoms with Crippen molar-refractivity contribution in [2.24, 2.45) is 0 Å². The highest BCUT2D eigenvalue weighted by molar-refractivity contribution is 7.99. The molecule has 5 nitrogen and oxygen atoms in total. The second-order valence-electron chi connectivity index (χ2n) is 8.10. The minimum atomic E-state index is -0.200. The van der Waals surface area contributed by atoms with Gasteiger partial charge in [0.25, 0.3) is 5.56 Å². The van der Waals surface area contributed by atoms with Crippen LogP contribution in [0.25, 0.3) is 16.6 Å². The Morgan fingerprint density at radius 1 is 1.00 bits per heavy atom. The normalized spacial score (nSPS) is 11.1. The smallest absolute Gasteiger partial charge is 0.266 e. The number of benzene rings is 3. The summed E-state index contributed by atoms with van der Waals surface area (Å²) in [6, 6.07) is 16.7. The third-order valence-electron chi connectivity index (χ3n) is 5.43. The Kier molecular flexibility index (Phi) is 6.58. The van der Waals surface area contributed by atoms with E-state index in [9.17, 15) is 9.59 Å². The fourth-order valence-electron chi connectivity index (χ4n) is 3.84. The molecule has 7 heteroatoms. The predicted octanol–water partition coefficient (Wildman–Crippen LogP) is 6.00. The molecule has 1 amide bonds. The molecule has 0 aliphatic heterocycles. The molecule has 1 N–H and O–H groups in total. The van der Waals surface area contributed by atoms with E-state index in [2.05, 4.69) is 5.32 Å². The molecule has 0 aliphatic carbocycles. The van der Waals surface area contributed by atoms with Gasteiger partial charge in [-0.1, -0.05) is 59.3 Å². The average Bonchev–Trinajstić information content (AvgIpc) is 2.77. The van der Waals surface area contributed by atoms with E-state index in [1.54, 1.807) is 18.2 Å². The zero-order chi connectivity index (χ0) is 23.7. The lowest BCUT2D eigenvalue weighted by Crippen LogP contribution is -2.23. The van der Waals surface area contributed by atoms with Crippen molar-refractivity contribution >= 4 is 45.9 Å². The maximum atomic E-state index is 13.4. The highest BCUT2D eigenvalue weighted by atomic mass is 35.5. The Balaban J connectivity index is 1.69. The minimum absolute atomic E-state index is 0.108. The summed E-state index contributed by atoms with van der Waals surface area (Å²) in [5.74, 6) is -0.0529. The Hall–Kier alpha value is -3.09. The highest BCUT2D eigenvalue weighted by Gasteiger charge is 2.16. The molecule has 0 unspecified atom stereocenters. The zero-order valence-corrected chi connectivity index (χ0v) is 20.5. The molecule has 0 aliphatic rings. The van der Waals surface area contributed by atoms with Crippen molar-refractivity contribution in [2.75, 3.05) is 11.1 Å². The van der Waals surface area contributed by atoms with Gasteiger partial charge in [-0.05, 0) is 68.7 Å². The van der Waals surface area contributed by atoms with Gasteiger partial charge < -0.3 is 5.32 Å². The molecular weight excluding hydrogens is 454 g/mol. The van der Waals surface area contributed by atoms with Crippen molar-refractivity contribution in [1.82, 2.24) is 9.55 Å². The number of rotatable bonds is 5. The second kappa shape index (κ2) is 9.41. The average molecular weight is 478 g/mol. The van der Waals surface area contributed by atoms with Gasteiger partial charge in [-0.25, -0.2) is 4.98 Å². The number of hydrogen-bond acceptors (Lipinski definition) is 4. The summed E-state index contributed by atoms with van der Waals surface area (Å²) in [6.07, 6.45) is 0. The quantitative estimate of drug-likeness (QED) is 0.282. The van der Waals surface area contributed by atoms with Crippen molar-refractivity contribution in [3.8, 4) is 5.69 Å². The summed E-state index contributed by atoms with van der Waals surface area (Å²) in [4.78, 5) is 30.9. The first-order valence-corrected chi connectivity index (χ1v) is 11.9. The maximum Gasteiger partial charge on any atom is 0.266 e. The lowest BCUT2D eigenvalue weighted by Gasteiger charge is -2.15. The molecule has 0 saturated carbocycles. The lowest BCUT2D eigenvalue weighted by molar-refractivity contribution is -0.113. The Morgan fingerprint density at radius 3 is 2.39 bits per heavy atom. The number of nitrogens with one attached hydrogen (secondary N) is 1. The summed E-state index contributed by atoms with van der Waals surface area (Å²) in [5, 5.41) is 4.51. The van der Waals surface area contributed by atoms with Crippen LogP contribution in [0.2, 0.25) is 5.02 Å². The molecule has 0 radical (unpaired) electrons. The number of amides is 1. The number of aryl methyl sites for hydroxylation is 4. The maximum absolute atomic E-state index is 13.4. The molecule has 1 aromatic heterocycles. The third kappa shape index (κ3) is 4.82. The molecule has 0 atom stereocenters. The van der Waals surface area contributed by atoms with E-state index in [1.165, 1.54) is 16.3 Å². The van der Waals surface area contributed by atoms with Gasteiger partial charge in [-0.15, -0.1) is 0 Å². The van der Waals surface area contributed by atoms with Gasteiger partial charge in [-0.2, -0.15) is 0 Å². The van der Waals surface area contributed by atoms with E-state index >= 15 is 0 Å². The van der Waals surface area contributed by atoms with Crippen LogP contribution in [0.1, 0.15) is 22.3 Å². The van der Waals surface area contributed by atoms with Gasteiger partial charge in [0.2, 0.25) is 5.91 Å². The van der Waals surface area contributed by atoms with Gasteiger partial charge in [-0.3, -0.25) is 14.2 Å². The van der Waals surface area contributed by atoms with Crippen LogP contribution in [-0.4, -0.2) is 21.2 Å². The number of hydrogen-bond donors (Lipinski definition) is 1. The topological polar surface area (TPSA) is 64.0 Å². The van der Waals surface area contributed by atoms with Crippen molar-refractivity contribution in [2.45, 2.75) is 32.9 Å². The molecule has 33 heavy (non-hydrogen) atoms. The fraction of sp³-hybridized carbons (Fsp3) is 0.192. The van der Waals surface area contributed by atoms with E-state index in [1.807, 2.05) is 64.1 Å². The minimum Gasteiger partial charge on any atom is -0.325 e. The van der Waals surface area contributed by atoms with E-state index < -0.39 is 0 Å². The van der Waals surface area contributed by atoms with Gasteiger partial charge in [0.15, 0.2) is 5.16 Å². The second-order valence-corrected chi connectivity index (χ2v) is 9.45. The summed E-state index contributed by atoms with van der Waals surface area (Å²) in [7, 11) is 0. The van der Waals surface area contributed by atoms with Crippen LogP contribution in [0, 0.1) is 27.7 Å². The van der Waals surface area contributed by atoms with Crippen LogP contribution < -0.4 is 10.9 Å². The van der Waals surface area contributed by atoms with Crippen molar-refractivity contribution < 1.29 is 4.79 Å². The van der Waals surface area contributed by atoms with Crippen LogP contribution in [0.15, 0.2) is 64.5 Å². The Bertz CT molecular complexity index is 1420. The molecule has 4 rings (SSSR count). The van der Waals surface area contributed by atoms with Crippen LogP contribution >= 0.6 is 23.4 Å². The van der Waals surface area contributed by atoms with E-state index in [0.29, 0.717) is 26.8 Å². The van der Waals surface area contributed by atoms with E-state index in [0.717, 1.165) is 27.9 Å². The molecule has 168 valence electrons. The predicted molar refractivity (Wildman–Crippen MR) is 137 cm³/mol. The number of anilines is 1. The Morgan fingerprint density at radius 2 is 1.70 bits per heavy atom. The van der Waals surface area contributed by atoms with E-state index in [-0.39, 0.29) is 17.2 Å². The molecule has 0 saturated heterocycles. The van der Waals surface area contributed by atoms with E-state index in [4.69, 9.17) is 16.6 Å². The number of carbonyl (C=O) groups is 1. The summed E-state index contributed by atoms with van der Waals surface area (Å²) in [6.45, 7) is 7.89. The number of carbonyl (C=O) groups excluding carboxylic acids is 1. The molecular formula is C26H24ClN3O2S. The first kappa shape index (κ1) is 23.1. The van der Waals surface area contributed by atoms with Crippen LogP contribution in [-0.2, 0) is 4.79 Å². The summed E-state index contributed by atoms with van der Waals surface area (Å²) < 4.78 is 1.52. The molecule has 3 aromatic carbocycles. The van der Waals surface area contributed by atoms with Crippen LogP contribution in [0.4, 0.5) is 5.69 Å². The van der Waals surface area contributed by atoms with Crippen LogP contribution in [0.3, 0.4) is 0 Å². The van der Waals surface area contributed by atoms with Crippen LogP contribution in [0.5, 0.6) is 0 Å². The number of thioether (sulfide) groups is 1. The molecule has 4 aromatic rings. The molecule has 1 heterocycles. The molecule has 0 bridgehead atoms. The van der Waals surface area contributed by atoms with Gasteiger partial charge in [0.1, 0.15) is 0 Å². The summed E-state index contributed by atoms with van der Waals surface area (Å²) in [5.41, 5.74) is 5.92. The first-order chi connectivity index (χ1) is 15.7. The van der Waals surface area contributed by atoms with Crippen molar-refractivity contribution in [1.29, 1.82) is 0 Å². The number of fused-ring (bicyclic) bond motifs is 1. The van der Waals surface area contributed by atoms with Crippen molar-refractivity contribution in [3.63, 3.8) is 0 Å². The fourth-order valence-corrected chi connectivity index (χ4v) is 4.83. The number of nitrogens with zero attached hydrogens (tertiary/aromatic N) is 2. The number of para-hydroxylation sites is 1. The highest BCUT2D eigenvalue weighted by Crippen LogP contribution is 2.26. The monoisotopic (exact) mass is 477 g/mol. The Labute approximate surface area is 201 Å². The zero-order valence-electron chi connectivity index (χ0n) is 18.9. The third-order valence-corrected chi connectivity index (χ3v) is 6.78. The van der Waals surface area contributed by atoms with Gasteiger partial charge in [0.05, 0.1) is 22.3 Å².